The van der Waals surface area contributed by atoms with E-state index in [1.54, 1.807) is 6.08 Å². The lowest BCUT2D eigenvalue weighted by Crippen LogP contribution is -2.08. The molecule has 1 aromatic heterocycles. The third-order valence-corrected chi connectivity index (χ3v) is 4.24. The Morgan fingerprint density at radius 1 is 1.08 bits per heavy atom. The van der Waals surface area contributed by atoms with Gasteiger partial charge in [-0.2, -0.15) is 13.2 Å². The number of alkyl halides is 3. The molecule has 0 fully saturated rings. The lowest BCUT2D eigenvalue weighted by Gasteiger charge is -2.15. The van der Waals surface area contributed by atoms with Crippen LogP contribution in [0.15, 0.2) is 33.9 Å². The Balaban J connectivity index is 2.31. The maximum Gasteiger partial charge on any atom is 0.421 e. The number of ether oxygens (including phenoxy) is 2. The van der Waals surface area contributed by atoms with Gasteiger partial charge in [-0.3, -0.25) is 0 Å². The number of hydrogen-bond acceptors (Lipinski definition) is 3. The Hall–Kier alpha value is -0.670. The topological polar surface area (TPSA) is 31.4 Å². The third kappa shape index (κ3) is 5.92. The molecule has 11 heteroatoms. The molecule has 2 rings (SSSR count). The smallest absolute Gasteiger partial charge is 0.421 e. The summed E-state index contributed by atoms with van der Waals surface area (Å²) in [6.07, 6.45) is -2.01. The molecule has 3 nitrogen and oxygen atoms in total. The van der Waals surface area contributed by atoms with Crippen molar-refractivity contribution in [3.8, 4) is 17.4 Å². The summed E-state index contributed by atoms with van der Waals surface area (Å²) in [7, 11) is 0. The standard InChI is InChI=1S/C15H7Br2Cl3F3NO2/c16-13(17)1-2-25-11-4-10(20)12(5-9(11)19)26-14-8(15(21,22)23)3-7(18)6-24-14/h1,3-6H,2H2. The van der Waals surface area contributed by atoms with Gasteiger partial charge in [0, 0.05) is 18.3 Å². The normalized spacial score (nSPS) is 11.2. The van der Waals surface area contributed by atoms with Gasteiger partial charge in [0.15, 0.2) is 0 Å². The molecule has 140 valence electrons. The van der Waals surface area contributed by atoms with Crippen molar-refractivity contribution in [2.24, 2.45) is 0 Å². The number of benzene rings is 1. The van der Waals surface area contributed by atoms with E-state index in [4.69, 9.17) is 44.3 Å². The van der Waals surface area contributed by atoms with Crippen LogP contribution in [-0.4, -0.2) is 11.6 Å². The van der Waals surface area contributed by atoms with Gasteiger partial charge in [-0.05, 0) is 44.0 Å². The molecule has 0 spiro atoms. The first-order valence-corrected chi connectivity index (χ1v) is 9.33. The van der Waals surface area contributed by atoms with Crippen LogP contribution in [0.25, 0.3) is 0 Å². The van der Waals surface area contributed by atoms with Gasteiger partial charge in [0.25, 0.3) is 0 Å². The second kappa shape index (κ2) is 9.01. The molecular formula is C15H7Br2Cl3F3NO2. The van der Waals surface area contributed by atoms with E-state index in [2.05, 4.69) is 36.8 Å². The fourth-order valence-corrected chi connectivity index (χ4v) is 2.53. The Bertz CT molecular complexity index is 844. The Kier molecular flexibility index (Phi) is 7.50. The molecule has 0 aliphatic carbocycles. The summed E-state index contributed by atoms with van der Waals surface area (Å²) in [4.78, 5) is 3.58. The molecule has 0 unspecified atom stereocenters. The minimum absolute atomic E-state index is 0.00355. The van der Waals surface area contributed by atoms with Crippen molar-refractivity contribution in [1.29, 1.82) is 0 Å². The van der Waals surface area contributed by atoms with Gasteiger partial charge in [0.2, 0.25) is 5.88 Å². The zero-order chi connectivity index (χ0) is 19.5. The van der Waals surface area contributed by atoms with E-state index < -0.39 is 17.6 Å². The van der Waals surface area contributed by atoms with Crippen LogP contribution >= 0.6 is 66.7 Å². The molecule has 0 saturated carbocycles. The highest BCUT2D eigenvalue weighted by atomic mass is 79.9. The SMILES string of the molecule is FC(F)(F)c1cc(Cl)cnc1Oc1cc(Cl)c(OCC=C(Br)Br)cc1Cl. The van der Waals surface area contributed by atoms with Crippen LogP contribution in [0.4, 0.5) is 13.2 Å². The molecule has 0 saturated heterocycles. The molecule has 0 radical (unpaired) electrons. The molecular weight excluding hydrogens is 549 g/mol. The minimum atomic E-state index is -4.71. The Labute approximate surface area is 178 Å². The maximum absolute atomic E-state index is 13.1. The first-order chi connectivity index (χ1) is 12.1. The van der Waals surface area contributed by atoms with Crippen molar-refractivity contribution in [3.05, 3.63) is 54.5 Å². The van der Waals surface area contributed by atoms with Gasteiger partial charge in [-0.15, -0.1) is 0 Å². The highest BCUT2D eigenvalue weighted by molar-refractivity contribution is 9.28. The third-order valence-electron chi connectivity index (χ3n) is 2.79. The second-order valence-electron chi connectivity index (χ2n) is 4.62. The predicted octanol–water partition coefficient (Wildman–Crippen LogP) is 7.86. The molecule has 1 heterocycles. The molecule has 0 aliphatic rings. The van der Waals surface area contributed by atoms with Crippen molar-refractivity contribution in [2.75, 3.05) is 6.61 Å². The van der Waals surface area contributed by atoms with Crippen LogP contribution in [0.1, 0.15) is 5.56 Å². The van der Waals surface area contributed by atoms with Crippen molar-refractivity contribution in [2.45, 2.75) is 6.18 Å². The van der Waals surface area contributed by atoms with E-state index in [-0.39, 0.29) is 33.2 Å². The maximum atomic E-state index is 13.1. The number of halogens is 8. The van der Waals surface area contributed by atoms with Crippen molar-refractivity contribution >= 4 is 66.7 Å². The van der Waals surface area contributed by atoms with Crippen LogP contribution in [0.5, 0.6) is 17.4 Å². The summed E-state index contributed by atoms with van der Waals surface area (Å²) in [5, 5.41) is -0.0780. The van der Waals surface area contributed by atoms with Gasteiger partial charge in [0.05, 0.1) is 18.5 Å². The highest BCUT2D eigenvalue weighted by Crippen LogP contribution is 2.42. The van der Waals surface area contributed by atoms with Crippen LogP contribution < -0.4 is 9.47 Å². The molecule has 1 aromatic carbocycles. The van der Waals surface area contributed by atoms with Crippen LogP contribution in [0, 0.1) is 0 Å². The fourth-order valence-electron chi connectivity index (χ4n) is 1.71. The highest BCUT2D eigenvalue weighted by Gasteiger charge is 2.36. The molecule has 0 amide bonds. The summed E-state index contributed by atoms with van der Waals surface area (Å²) in [5.41, 5.74) is -1.13. The Morgan fingerprint density at radius 2 is 1.69 bits per heavy atom. The van der Waals surface area contributed by atoms with Crippen molar-refractivity contribution in [3.63, 3.8) is 0 Å². The number of nitrogens with zero attached hydrogens (tertiary/aromatic N) is 1. The van der Waals surface area contributed by atoms with E-state index in [0.717, 1.165) is 6.20 Å². The molecule has 26 heavy (non-hydrogen) atoms. The monoisotopic (exact) mass is 553 g/mol. The first-order valence-electron chi connectivity index (χ1n) is 6.61. The zero-order valence-corrected chi connectivity index (χ0v) is 17.8. The van der Waals surface area contributed by atoms with Gasteiger partial charge in [-0.1, -0.05) is 34.8 Å². The summed E-state index contributed by atoms with van der Waals surface area (Å²) < 4.78 is 50.6. The molecule has 0 atom stereocenters. The number of hydrogen-bond donors (Lipinski definition) is 0. The largest absolute Gasteiger partial charge is 0.488 e. The molecule has 0 bridgehead atoms. The summed E-state index contributed by atoms with van der Waals surface area (Å²) in [6, 6.07) is 3.28. The summed E-state index contributed by atoms with van der Waals surface area (Å²) >= 11 is 24.0. The average molecular weight is 556 g/mol. The van der Waals surface area contributed by atoms with Crippen LogP contribution in [-0.2, 0) is 6.18 Å². The second-order valence-corrected chi connectivity index (χ2v) is 8.65. The van der Waals surface area contributed by atoms with Crippen molar-refractivity contribution < 1.29 is 22.6 Å². The van der Waals surface area contributed by atoms with Crippen LogP contribution in [0.2, 0.25) is 15.1 Å². The predicted molar refractivity (Wildman–Crippen MR) is 102 cm³/mol. The van der Waals surface area contributed by atoms with E-state index in [1.807, 2.05) is 0 Å². The first kappa shape index (κ1) is 21.6. The van der Waals surface area contributed by atoms with E-state index in [1.165, 1.54) is 12.1 Å². The summed E-state index contributed by atoms with van der Waals surface area (Å²) in [6.45, 7) is 0.180. The van der Waals surface area contributed by atoms with Gasteiger partial charge in [-0.25, -0.2) is 4.98 Å². The lowest BCUT2D eigenvalue weighted by atomic mass is 10.2. The number of pyridine rings is 1. The van der Waals surface area contributed by atoms with E-state index >= 15 is 0 Å². The summed E-state index contributed by atoms with van der Waals surface area (Å²) in [5.74, 6) is -0.567. The quantitative estimate of drug-likeness (QED) is 0.376. The van der Waals surface area contributed by atoms with E-state index in [9.17, 15) is 13.2 Å². The minimum Gasteiger partial charge on any atom is -0.488 e. The Morgan fingerprint density at radius 3 is 2.31 bits per heavy atom. The van der Waals surface area contributed by atoms with Gasteiger partial charge in [0.1, 0.15) is 23.7 Å². The van der Waals surface area contributed by atoms with Crippen molar-refractivity contribution in [1.82, 2.24) is 4.98 Å². The zero-order valence-electron chi connectivity index (χ0n) is 12.4. The molecule has 0 aliphatic heterocycles. The van der Waals surface area contributed by atoms with Crippen LogP contribution in [0.3, 0.4) is 0 Å². The number of rotatable bonds is 5. The molecule has 0 N–H and O–H groups in total. The lowest BCUT2D eigenvalue weighted by molar-refractivity contribution is -0.138. The van der Waals surface area contributed by atoms with Gasteiger partial charge < -0.3 is 9.47 Å². The van der Waals surface area contributed by atoms with Gasteiger partial charge >= 0.3 is 6.18 Å². The average Bonchev–Trinajstić information content (AvgIpc) is 2.52. The molecule has 2 aromatic rings. The van der Waals surface area contributed by atoms with E-state index in [0.29, 0.717) is 9.46 Å². The number of aromatic nitrogens is 1. The fraction of sp³-hybridized carbons (Fsp3) is 0.133.